The van der Waals surface area contributed by atoms with Crippen molar-refractivity contribution in [2.45, 2.75) is 26.1 Å². The van der Waals surface area contributed by atoms with Crippen LogP contribution in [-0.2, 0) is 0 Å². The molecule has 1 unspecified atom stereocenters. The molecule has 3 nitrogen and oxygen atoms in total. The molecule has 0 aliphatic heterocycles. The van der Waals surface area contributed by atoms with Crippen molar-refractivity contribution in [3.63, 3.8) is 0 Å². The lowest BCUT2D eigenvalue weighted by Gasteiger charge is -2.12. The van der Waals surface area contributed by atoms with Crippen LogP contribution in [0, 0.1) is 13.8 Å². The standard InChI is InChI=1S/C16H15Cl2N3/c1-9-4-5-12(18)14(7-9)21-15(11(3)17)20-13-6-10(2)8-19-16(13)21/h4-8,11H,1-3H3. The molecule has 1 atom stereocenters. The molecule has 0 fully saturated rings. The van der Waals surface area contributed by atoms with Crippen LogP contribution in [0.1, 0.15) is 29.3 Å². The zero-order valence-electron chi connectivity index (χ0n) is 12.1. The summed E-state index contributed by atoms with van der Waals surface area (Å²) in [5.74, 6) is 0.747. The SMILES string of the molecule is Cc1ccc(Cl)c(-n2c(C(C)Cl)nc3cc(C)cnc32)c1. The van der Waals surface area contributed by atoms with Gasteiger partial charge in [-0.05, 0) is 50.1 Å². The number of halogens is 2. The third kappa shape index (κ3) is 2.52. The second-order valence-corrected chi connectivity index (χ2v) is 6.29. The molecule has 0 N–H and O–H groups in total. The normalized spacial score (nSPS) is 12.8. The lowest BCUT2D eigenvalue weighted by Crippen LogP contribution is -2.03. The van der Waals surface area contributed by atoms with Gasteiger partial charge in [-0.25, -0.2) is 9.97 Å². The Morgan fingerprint density at radius 3 is 2.62 bits per heavy atom. The summed E-state index contributed by atoms with van der Waals surface area (Å²) in [5.41, 5.74) is 4.65. The second kappa shape index (κ2) is 5.32. The minimum Gasteiger partial charge on any atom is -0.278 e. The number of hydrogen-bond donors (Lipinski definition) is 0. The maximum Gasteiger partial charge on any atom is 0.164 e. The lowest BCUT2D eigenvalue weighted by molar-refractivity contribution is 0.876. The van der Waals surface area contributed by atoms with E-state index in [0.29, 0.717) is 5.02 Å². The van der Waals surface area contributed by atoms with Crippen LogP contribution in [0.2, 0.25) is 5.02 Å². The Morgan fingerprint density at radius 1 is 1.14 bits per heavy atom. The van der Waals surface area contributed by atoms with Crippen molar-refractivity contribution in [1.29, 1.82) is 0 Å². The van der Waals surface area contributed by atoms with Gasteiger partial charge in [0.2, 0.25) is 0 Å². The Bertz CT molecular complexity index is 822. The van der Waals surface area contributed by atoms with E-state index in [-0.39, 0.29) is 5.38 Å². The first-order valence-corrected chi connectivity index (χ1v) is 7.54. The zero-order chi connectivity index (χ0) is 15.1. The molecule has 2 aromatic heterocycles. The smallest absolute Gasteiger partial charge is 0.164 e. The van der Waals surface area contributed by atoms with Gasteiger partial charge in [0.25, 0.3) is 0 Å². The van der Waals surface area contributed by atoms with Crippen LogP contribution < -0.4 is 0 Å². The second-order valence-electron chi connectivity index (χ2n) is 5.23. The van der Waals surface area contributed by atoms with Crippen LogP contribution in [0.5, 0.6) is 0 Å². The molecule has 3 rings (SSSR count). The summed E-state index contributed by atoms with van der Waals surface area (Å²) in [7, 11) is 0. The summed E-state index contributed by atoms with van der Waals surface area (Å²) >= 11 is 12.7. The Morgan fingerprint density at radius 2 is 1.90 bits per heavy atom. The summed E-state index contributed by atoms with van der Waals surface area (Å²) < 4.78 is 1.95. The summed E-state index contributed by atoms with van der Waals surface area (Å²) in [4.78, 5) is 9.14. The fraction of sp³-hybridized carbons (Fsp3) is 0.250. The van der Waals surface area contributed by atoms with E-state index in [0.717, 1.165) is 33.8 Å². The first-order valence-electron chi connectivity index (χ1n) is 6.73. The number of fused-ring (bicyclic) bond motifs is 1. The highest BCUT2D eigenvalue weighted by atomic mass is 35.5. The van der Waals surface area contributed by atoms with E-state index in [1.807, 2.05) is 55.8 Å². The molecule has 0 amide bonds. The number of benzene rings is 1. The van der Waals surface area contributed by atoms with Crippen molar-refractivity contribution in [3.05, 3.63) is 52.4 Å². The van der Waals surface area contributed by atoms with Gasteiger partial charge in [0, 0.05) is 6.20 Å². The third-order valence-corrected chi connectivity index (χ3v) is 3.87. The van der Waals surface area contributed by atoms with E-state index >= 15 is 0 Å². The Balaban J connectivity index is 2.39. The average molecular weight is 320 g/mol. The van der Waals surface area contributed by atoms with Gasteiger partial charge < -0.3 is 0 Å². The van der Waals surface area contributed by atoms with Crippen LogP contribution in [-0.4, -0.2) is 14.5 Å². The molecule has 0 saturated heterocycles. The van der Waals surface area contributed by atoms with Gasteiger partial charge in [0.05, 0.1) is 16.1 Å². The molecule has 0 aliphatic carbocycles. The molecule has 0 saturated carbocycles. The van der Waals surface area contributed by atoms with E-state index in [1.54, 1.807) is 0 Å². The molecular weight excluding hydrogens is 305 g/mol. The molecule has 2 heterocycles. The number of aromatic nitrogens is 3. The van der Waals surface area contributed by atoms with Gasteiger partial charge in [0.1, 0.15) is 11.3 Å². The van der Waals surface area contributed by atoms with Crippen LogP contribution in [0.15, 0.2) is 30.5 Å². The van der Waals surface area contributed by atoms with Crippen molar-refractivity contribution in [1.82, 2.24) is 14.5 Å². The Kier molecular flexibility index (Phi) is 3.64. The summed E-state index contributed by atoms with van der Waals surface area (Å²) in [6, 6.07) is 7.89. The lowest BCUT2D eigenvalue weighted by atomic mass is 10.2. The Hall–Kier alpha value is -1.58. The first-order chi connectivity index (χ1) is 9.97. The fourth-order valence-electron chi connectivity index (χ4n) is 2.38. The molecular formula is C16H15Cl2N3. The quantitative estimate of drug-likeness (QED) is 0.623. The molecule has 21 heavy (non-hydrogen) atoms. The molecule has 0 radical (unpaired) electrons. The van der Waals surface area contributed by atoms with E-state index in [9.17, 15) is 0 Å². The number of alkyl halides is 1. The molecule has 3 aromatic rings. The highest BCUT2D eigenvalue weighted by Crippen LogP contribution is 2.31. The van der Waals surface area contributed by atoms with Crippen molar-refractivity contribution in [2.24, 2.45) is 0 Å². The van der Waals surface area contributed by atoms with E-state index in [4.69, 9.17) is 23.2 Å². The molecule has 108 valence electrons. The van der Waals surface area contributed by atoms with Crippen LogP contribution >= 0.6 is 23.2 Å². The van der Waals surface area contributed by atoms with Gasteiger partial charge >= 0.3 is 0 Å². The summed E-state index contributed by atoms with van der Waals surface area (Å²) in [5, 5.41) is 0.414. The van der Waals surface area contributed by atoms with Crippen molar-refractivity contribution in [2.75, 3.05) is 0 Å². The summed E-state index contributed by atoms with van der Waals surface area (Å²) in [6.45, 7) is 5.92. The van der Waals surface area contributed by atoms with E-state index < -0.39 is 0 Å². The van der Waals surface area contributed by atoms with Gasteiger partial charge in [-0.15, -0.1) is 11.6 Å². The topological polar surface area (TPSA) is 30.7 Å². The van der Waals surface area contributed by atoms with Crippen molar-refractivity contribution in [3.8, 4) is 5.69 Å². The molecule has 0 spiro atoms. The predicted octanol–water partition coefficient (Wildman–Crippen LogP) is 4.99. The van der Waals surface area contributed by atoms with Crippen molar-refractivity contribution < 1.29 is 0 Å². The molecule has 1 aromatic carbocycles. The number of pyridine rings is 1. The first kappa shape index (κ1) is 14.4. The van der Waals surface area contributed by atoms with Crippen LogP contribution in [0.25, 0.3) is 16.9 Å². The fourth-order valence-corrected chi connectivity index (χ4v) is 2.73. The van der Waals surface area contributed by atoms with Gasteiger partial charge in [-0.2, -0.15) is 0 Å². The molecule has 0 bridgehead atoms. The van der Waals surface area contributed by atoms with E-state index in [2.05, 4.69) is 9.97 Å². The Labute approximate surface area is 133 Å². The van der Waals surface area contributed by atoms with Gasteiger partial charge in [0.15, 0.2) is 5.65 Å². The van der Waals surface area contributed by atoms with Gasteiger partial charge in [-0.1, -0.05) is 17.7 Å². The largest absolute Gasteiger partial charge is 0.278 e. The predicted molar refractivity (Wildman–Crippen MR) is 87.6 cm³/mol. The number of nitrogens with zero attached hydrogens (tertiary/aromatic N) is 3. The monoisotopic (exact) mass is 319 g/mol. The molecule has 0 aliphatic rings. The van der Waals surface area contributed by atoms with Gasteiger partial charge in [-0.3, -0.25) is 4.57 Å². The van der Waals surface area contributed by atoms with Crippen LogP contribution in [0.4, 0.5) is 0 Å². The van der Waals surface area contributed by atoms with E-state index in [1.165, 1.54) is 0 Å². The van der Waals surface area contributed by atoms with Crippen molar-refractivity contribution >= 4 is 34.4 Å². The van der Waals surface area contributed by atoms with Crippen LogP contribution in [0.3, 0.4) is 0 Å². The maximum absolute atomic E-state index is 6.38. The molecule has 5 heteroatoms. The average Bonchev–Trinajstić information content (AvgIpc) is 2.80. The highest BCUT2D eigenvalue weighted by molar-refractivity contribution is 6.32. The zero-order valence-corrected chi connectivity index (χ0v) is 13.6. The number of aryl methyl sites for hydroxylation is 2. The number of imidazole rings is 1. The summed E-state index contributed by atoms with van der Waals surface area (Å²) in [6.07, 6.45) is 1.83. The third-order valence-electron chi connectivity index (χ3n) is 3.36. The minimum atomic E-state index is -0.240. The number of rotatable bonds is 2. The maximum atomic E-state index is 6.38. The minimum absolute atomic E-state index is 0.240. The highest BCUT2D eigenvalue weighted by Gasteiger charge is 2.19. The number of hydrogen-bond acceptors (Lipinski definition) is 2.